The van der Waals surface area contributed by atoms with Gasteiger partial charge in [0.1, 0.15) is 5.75 Å². The molecule has 0 amide bonds. The Bertz CT molecular complexity index is 942. The Labute approximate surface area is 139 Å². The van der Waals surface area contributed by atoms with Crippen molar-refractivity contribution in [2.45, 2.75) is 12.8 Å². The first kappa shape index (κ1) is 14.6. The van der Waals surface area contributed by atoms with Crippen molar-refractivity contribution in [1.29, 1.82) is 0 Å². The van der Waals surface area contributed by atoms with E-state index in [0.717, 1.165) is 34.5 Å². The summed E-state index contributed by atoms with van der Waals surface area (Å²) in [6, 6.07) is 9.54. The van der Waals surface area contributed by atoms with Crippen molar-refractivity contribution < 1.29 is 9.53 Å². The van der Waals surface area contributed by atoms with Gasteiger partial charge in [0, 0.05) is 35.4 Å². The van der Waals surface area contributed by atoms with Gasteiger partial charge in [-0.05, 0) is 42.3 Å². The normalized spacial score (nSPS) is 13.5. The molecule has 1 aliphatic rings. The number of Topliss-reactive ketones (excluding diaryl/α,β-unsaturated/α-hetero) is 1. The van der Waals surface area contributed by atoms with Crippen LogP contribution in [0.3, 0.4) is 0 Å². The summed E-state index contributed by atoms with van der Waals surface area (Å²) in [5.74, 6) is 0.866. The zero-order valence-electron chi connectivity index (χ0n) is 13.4. The van der Waals surface area contributed by atoms with Gasteiger partial charge in [0.2, 0.25) is 0 Å². The average Bonchev–Trinajstić information content (AvgIpc) is 3.01. The number of ether oxygens (including phenoxy) is 1. The summed E-state index contributed by atoms with van der Waals surface area (Å²) in [6.07, 6.45) is 4.41. The Kier molecular flexibility index (Phi) is 3.61. The number of benzene rings is 1. The number of hydrogen-bond donors (Lipinski definition) is 1. The van der Waals surface area contributed by atoms with Gasteiger partial charge in [-0.1, -0.05) is 0 Å². The van der Waals surface area contributed by atoms with Crippen LogP contribution in [0, 0.1) is 0 Å². The second-order valence-corrected chi connectivity index (χ2v) is 5.81. The Balaban J connectivity index is 1.70. The average molecular weight is 319 g/mol. The molecule has 0 atom stereocenters. The molecule has 0 spiro atoms. The third kappa shape index (κ3) is 2.48. The van der Waals surface area contributed by atoms with Crippen LogP contribution in [0.4, 0.5) is 0 Å². The highest BCUT2D eigenvalue weighted by Gasteiger charge is 2.22. The number of aromatic amines is 1. The van der Waals surface area contributed by atoms with Gasteiger partial charge >= 0.3 is 0 Å². The van der Waals surface area contributed by atoms with Crippen molar-refractivity contribution in [3.63, 3.8) is 0 Å². The molecule has 3 heterocycles. The van der Waals surface area contributed by atoms with Crippen molar-refractivity contribution in [2.75, 3.05) is 13.7 Å². The lowest BCUT2D eigenvalue weighted by Crippen LogP contribution is -2.16. The van der Waals surface area contributed by atoms with E-state index >= 15 is 0 Å². The molecule has 5 nitrogen and oxygen atoms in total. The van der Waals surface area contributed by atoms with Crippen LogP contribution in [0.25, 0.3) is 10.9 Å². The Hall–Kier alpha value is -2.95. The number of fused-ring (bicyclic) bond motifs is 3. The molecule has 2 aromatic heterocycles. The second kappa shape index (κ2) is 5.92. The smallest absolute Gasteiger partial charge is 0.170 e. The molecule has 1 aromatic carbocycles. The zero-order valence-corrected chi connectivity index (χ0v) is 13.4. The van der Waals surface area contributed by atoms with E-state index in [-0.39, 0.29) is 12.2 Å². The van der Waals surface area contributed by atoms with Gasteiger partial charge < -0.3 is 9.72 Å². The third-order valence-corrected chi connectivity index (χ3v) is 4.38. The summed E-state index contributed by atoms with van der Waals surface area (Å²) >= 11 is 0. The fourth-order valence-corrected chi connectivity index (χ4v) is 3.17. The first-order chi connectivity index (χ1) is 11.8. The number of rotatable bonds is 4. The molecule has 0 bridgehead atoms. The highest BCUT2D eigenvalue weighted by atomic mass is 16.5. The number of carbonyl (C=O) groups is 1. The molecule has 0 saturated heterocycles. The maximum atomic E-state index is 12.5. The number of methoxy groups -OCH3 is 1. The number of ketones is 1. The van der Waals surface area contributed by atoms with Crippen LogP contribution in [0.2, 0.25) is 0 Å². The predicted molar refractivity (Wildman–Crippen MR) is 93.1 cm³/mol. The highest BCUT2D eigenvalue weighted by Crippen LogP contribution is 2.30. The maximum absolute atomic E-state index is 12.5. The number of pyridine rings is 1. The summed E-state index contributed by atoms with van der Waals surface area (Å²) < 4.78 is 5.33. The molecule has 0 radical (unpaired) electrons. The minimum Gasteiger partial charge on any atom is -0.497 e. The zero-order chi connectivity index (χ0) is 16.5. The van der Waals surface area contributed by atoms with Gasteiger partial charge in [0.05, 0.1) is 24.9 Å². The van der Waals surface area contributed by atoms with Crippen LogP contribution in [0.5, 0.6) is 5.75 Å². The molecular formula is C19H17N3O2. The first-order valence-electron chi connectivity index (χ1n) is 7.92. The molecular weight excluding hydrogens is 302 g/mol. The number of nitrogens with zero attached hydrogens (tertiary/aromatic N) is 2. The van der Waals surface area contributed by atoms with Crippen LogP contribution in [-0.2, 0) is 6.42 Å². The molecule has 1 N–H and O–H groups in total. The van der Waals surface area contributed by atoms with Crippen LogP contribution in [-0.4, -0.2) is 35.1 Å². The van der Waals surface area contributed by atoms with E-state index in [0.29, 0.717) is 12.1 Å². The molecule has 120 valence electrons. The van der Waals surface area contributed by atoms with Crippen molar-refractivity contribution in [2.24, 2.45) is 4.99 Å². The molecule has 0 saturated carbocycles. The summed E-state index contributed by atoms with van der Waals surface area (Å²) in [5, 5.41) is 1.14. The molecule has 5 heteroatoms. The Morgan fingerprint density at radius 1 is 1.33 bits per heavy atom. The molecule has 0 fully saturated rings. The minimum atomic E-state index is 0.0333. The first-order valence-corrected chi connectivity index (χ1v) is 7.92. The molecule has 1 aliphatic heterocycles. The van der Waals surface area contributed by atoms with Crippen molar-refractivity contribution in [3.05, 3.63) is 59.5 Å². The van der Waals surface area contributed by atoms with E-state index in [9.17, 15) is 4.79 Å². The quantitative estimate of drug-likeness (QED) is 0.751. The Morgan fingerprint density at radius 3 is 3.04 bits per heavy atom. The second-order valence-electron chi connectivity index (χ2n) is 5.81. The highest BCUT2D eigenvalue weighted by molar-refractivity contribution is 6.17. The molecule has 24 heavy (non-hydrogen) atoms. The van der Waals surface area contributed by atoms with E-state index in [1.54, 1.807) is 31.6 Å². The third-order valence-electron chi connectivity index (χ3n) is 4.38. The van der Waals surface area contributed by atoms with Crippen molar-refractivity contribution >= 4 is 22.4 Å². The van der Waals surface area contributed by atoms with Crippen molar-refractivity contribution in [3.8, 4) is 5.75 Å². The maximum Gasteiger partial charge on any atom is 0.170 e. The van der Waals surface area contributed by atoms with Gasteiger partial charge in [0.15, 0.2) is 5.78 Å². The van der Waals surface area contributed by atoms with Gasteiger partial charge in [-0.15, -0.1) is 0 Å². The van der Waals surface area contributed by atoms with Crippen LogP contribution in [0.15, 0.2) is 47.7 Å². The minimum absolute atomic E-state index is 0.0333. The van der Waals surface area contributed by atoms with Gasteiger partial charge in [-0.25, -0.2) is 0 Å². The van der Waals surface area contributed by atoms with Gasteiger partial charge in [-0.2, -0.15) is 0 Å². The van der Waals surface area contributed by atoms with Gasteiger partial charge in [0.25, 0.3) is 0 Å². The Morgan fingerprint density at radius 2 is 2.25 bits per heavy atom. The fourth-order valence-electron chi connectivity index (χ4n) is 3.17. The summed E-state index contributed by atoms with van der Waals surface area (Å²) in [4.78, 5) is 24.5. The predicted octanol–water partition coefficient (Wildman–Crippen LogP) is 3.19. The number of carbonyl (C=O) groups excluding carboxylic acids is 1. The summed E-state index contributed by atoms with van der Waals surface area (Å²) in [5.41, 5.74) is 4.67. The molecule has 4 rings (SSSR count). The molecule has 0 aliphatic carbocycles. The lowest BCUT2D eigenvalue weighted by Gasteiger charge is -2.13. The summed E-state index contributed by atoms with van der Waals surface area (Å²) in [6.45, 7) is 0.701. The largest absolute Gasteiger partial charge is 0.497 e. The standard InChI is InChI=1S/C19H17N3O2/c1-24-13-4-5-16-15(9-13)14-6-8-21-17(19(14)22-16)10-18(23)12-3-2-7-20-11-12/h2-5,7,9,11,22H,6,8,10H2,1H3. The SMILES string of the molecule is COc1ccc2[nH]c3c(c2c1)CCN=C3CC(=O)c1cccnc1. The number of aromatic nitrogens is 2. The van der Waals surface area contributed by atoms with Gasteiger partial charge in [-0.3, -0.25) is 14.8 Å². The number of hydrogen-bond acceptors (Lipinski definition) is 4. The van der Waals surface area contributed by atoms with E-state index < -0.39 is 0 Å². The van der Waals surface area contributed by atoms with Crippen molar-refractivity contribution in [1.82, 2.24) is 9.97 Å². The van der Waals surface area contributed by atoms with Crippen LogP contribution < -0.4 is 4.74 Å². The topological polar surface area (TPSA) is 67.3 Å². The van der Waals surface area contributed by atoms with Crippen LogP contribution in [0.1, 0.15) is 28.0 Å². The monoisotopic (exact) mass is 319 g/mol. The lowest BCUT2D eigenvalue weighted by atomic mass is 9.98. The van der Waals surface area contributed by atoms with E-state index in [2.05, 4.69) is 15.0 Å². The van der Waals surface area contributed by atoms with E-state index in [4.69, 9.17) is 4.74 Å². The number of H-pyrrole nitrogens is 1. The van der Waals surface area contributed by atoms with E-state index in [1.165, 1.54) is 5.56 Å². The number of aliphatic imine (C=N–C) groups is 1. The molecule has 3 aromatic rings. The van der Waals surface area contributed by atoms with Crippen LogP contribution >= 0.6 is 0 Å². The lowest BCUT2D eigenvalue weighted by molar-refractivity contribution is 0.1000. The number of nitrogens with one attached hydrogen (secondary N) is 1. The summed E-state index contributed by atoms with van der Waals surface area (Å²) in [7, 11) is 1.67. The fraction of sp³-hybridized carbons (Fsp3) is 0.211. The van der Waals surface area contributed by atoms with E-state index in [1.807, 2.05) is 18.2 Å². The molecule has 0 unspecified atom stereocenters.